The molecule has 0 unspecified atom stereocenters. The van der Waals surface area contributed by atoms with Crippen LogP contribution in [0.5, 0.6) is 0 Å². The Kier molecular flexibility index (Phi) is 3.29. The summed E-state index contributed by atoms with van der Waals surface area (Å²) in [6.45, 7) is 0. The SMILES string of the molecule is CN(C)C(=O)NC1=CC=C(C#N)CC1. The fourth-order valence-electron chi connectivity index (χ4n) is 1.08. The summed E-state index contributed by atoms with van der Waals surface area (Å²) in [5.41, 5.74) is 1.62. The number of rotatable bonds is 1. The molecule has 0 aromatic heterocycles. The van der Waals surface area contributed by atoms with Crippen LogP contribution in [0.15, 0.2) is 23.4 Å². The van der Waals surface area contributed by atoms with Crippen LogP contribution in [0.4, 0.5) is 4.79 Å². The summed E-state index contributed by atoms with van der Waals surface area (Å²) < 4.78 is 0. The number of amides is 2. The van der Waals surface area contributed by atoms with Crippen molar-refractivity contribution in [1.82, 2.24) is 10.2 Å². The molecular weight excluding hydrogens is 178 g/mol. The van der Waals surface area contributed by atoms with Gasteiger partial charge in [-0.3, -0.25) is 0 Å². The average molecular weight is 191 g/mol. The Hall–Kier alpha value is -1.76. The Morgan fingerprint density at radius 1 is 1.50 bits per heavy atom. The van der Waals surface area contributed by atoms with Gasteiger partial charge in [-0.05, 0) is 25.0 Å². The van der Waals surface area contributed by atoms with E-state index >= 15 is 0 Å². The molecule has 0 bridgehead atoms. The molecule has 0 aromatic carbocycles. The summed E-state index contributed by atoms with van der Waals surface area (Å²) in [6.07, 6.45) is 4.95. The Morgan fingerprint density at radius 2 is 2.21 bits per heavy atom. The lowest BCUT2D eigenvalue weighted by molar-refractivity contribution is 0.220. The molecule has 0 aliphatic heterocycles. The molecule has 74 valence electrons. The predicted molar refractivity (Wildman–Crippen MR) is 53.2 cm³/mol. The molecule has 14 heavy (non-hydrogen) atoms. The van der Waals surface area contributed by atoms with E-state index in [2.05, 4.69) is 11.4 Å². The molecule has 2 amide bonds. The van der Waals surface area contributed by atoms with E-state index in [-0.39, 0.29) is 6.03 Å². The third kappa shape index (κ3) is 2.63. The molecule has 0 radical (unpaired) electrons. The first kappa shape index (κ1) is 10.3. The molecule has 1 rings (SSSR count). The second-order valence-electron chi connectivity index (χ2n) is 3.32. The third-order valence-electron chi connectivity index (χ3n) is 1.97. The van der Waals surface area contributed by atoms with Crippen LogP contribution >= 0.6 is 0 Å². The molecular formula is C10H13N3O. The third-order valence-corrected chi connectivity index (χ3v) is 1.97. The number of nitrogens with one attached hydrogen (secondary N) is 1. The van der Waals surface area contributed by atoms with Crippen LogP contribution in [0.3, 0.4) is 0 Å². The molecule has 0 saturated carbocycles. The topological polar surface area (TPSA) is 56.1 Å². The first-order chi connectivity index (χ1) is 6.63. The van der Waals surface area contributed by atoms with E-state index in [9.17, 15) is 4.79 Å². The molecule has 4 heteroatoms. The maximum absolute atomic E-state index is 11.3. The highest BCUT2D eigenvalue weighted by Crippen LogP contribution is 2.15. The van der Waals surface area contributed by atoms with Crippen molar-refractivity contribution < 1.29 is 4.79 Å². The number of carbonyl (C=O) groups excluding carboxylic acids is 1. The molecule has 1 aliphatic carbocycles. The first-order valence-electron chi connectivity index (χ1n) is 4.41. The molecule has 0 fully saturated rings. The largest absolute Gasteiger partial charge is 0.331 e. The lowest BCUT2D eigenvalue weighted by Crippen LogP contribution is -2.34. The molecule has 0 heterocycles. The van der Waals surface area contributed by atoms with Gasteiger partial charge < -0.3 is 10.2 Å². The van der Waals surface area contributed by atoms with E-state index in [1.807, 2.05) is 0 Å². The quantitative estimate of drug-likeness (QED) is 0.680. The van der Waals surface area contributed by atoms with Crippen molar-refractivity contribution in [3.63, 3.8) is 0 Å². The van der Waals surface area contributed by atoms with Crippen molar-refractivity contribution in [3.05, 3.63) is 23.4 Å². The highest BCUT2D eigenvalue weighted by molar-refractivity contribution is 5.75. The number of hydrogen-bond donors (Lipinski definition) is 1. The fraction of sp³-hybridized carbons (Fsp3) is 0.400. The number of carbonyl (C=O) groups is 1. The van der Waals surface area contributed by atoms with E-state index in [1.165, 1.54) is 4.90 Å². The van der Waals surface area contributed by atoms with Crippen LogP contribution in [-0.4, -0.2) is 25.0 Å². The molecule has 0 atom stereocenters. The number of nitrogens with zero attached hydrogens (tertiary/aromatic N) is 2. The van der Waals surface area contributed by atoms with Gasteiger partial charge in [0, 0.05) is 25.4 Å². The van der Waals surface area contributed by atoms with Gasteiger partial charge in [0.1, 0.15) is 0 Å². The summed E-state index contributed by atoms with van der Waals surface area (Å²) in [5.74, 6) is 0. The van der Waals surface area contributed by atoms with Gasteiger partial charge in [-0.1, -0.05) is 0 Å². The summed E-state index contributed by atoms with van der Waals surface area (Å²) >= 11 is 0. The van der Waals surface area contributed by atoms with Crippen LogP contribution in [-0.2, 0) is 0 Å². The van der Waals surface area contributed by atoms with E-state index < -0.39 is 0 Å². The van der Waals surface area contributed by atoms with Gasteiger partial charge in [0.2, 0.25) is 0 Å². The van der Waals surface area contributed by atoms with Gasteiger partial charge in [-0.15, -0.1) is 0 Å². The lowest BCUT2D eigenvalue weighted by Gasteiger charge is -2.16. The Labute approximate surface area is 83.5 Å². The second kappa shape index (κ2) is 4.47. The van der Waals surface area contributed by atoms with E-state index in [0.717, 1.165) is 17.7 Å². The van der Waals surface area contributed by atoms with Crippen LogP contribution in [0, 0.1) is 11.3 Å². The zero-order valence-electron chi connectivity index (χ0n) is 8.37. The highest BCUT2D eigenvalue weighted by atomic mass is 16.2. The van der Waals surface area contributed by atoms with Gasteiger partial charge in [-0.2, -0.15) is 5.26 Å². The van der Waals surface area contributed by atoms with Gasteiger partial charge in [0.25, 0.3) is 0 Å². The van der Waals surface area contributed by atoms with Crippen LogP contribution in [0.2, 0.25) is 0 Å². The summed E-state index contributed by atoms with van der Waals surface area (Å²) in [7, 11) is 3.38. The van der Waals surface area contributed by atoms with Crippen molar-refractivity contribution in [1.29, 1.82) is 5.26 Å². The minimum atomic E-state index is -0.134. The minimum absolute atomic E-state index is 0.134. The summed E-state index contributed by atoms with van der Waals surface area (Å²) in [5, 5.41) is 11.4. The van der Waals surface area contributed by atoms with Crippen molar-refractivity contribution in [2.75, 3.05) is 14.1 Å². The summed E-state index contributed by atoms with van der Waals surface area (Å²) in [4.78, 5) is 12.7. The second-order valence-corrected chi connectivity index (χ2v) is 3.32. The number of nitriles is 1. The Bertz CT molecular complexity index is 334. The Morgan fingerprint density at radius 3 is 2.64 bits per heavy atom. The van der Waals surface area contributed by atoms with Crippen molar-refractivity contribution in [2.45, 2.75) is 12.8 Å². The maximum Gasteiger partial charge on any atom is 0.321 e. The zero-order valence-corrected chi connectivity index (χ0v) is 8.37. The number of allylic oxidation sites excluding steroid dienone is 4. The van der Waals surface area contributed by atoms with Gasteiger partial charge in [-0.25, -0.2) is 4.79 Å². The molecule has 0 spiro atoms. The fourth-order valence-corrected chi connectivity index (χ4v) is 1.08. The van der Waals surface area contributed by atoms with Gasteiger partial charge >= 0.3 is 6.03 Å². The van der Waals surface area contributed by atoms with Gasteiger partial charge in [0.05, 0.1) is 6.07 Å². The minimum Gasteiger partial charge on any atom is -0.331 e. The number of hydrogen-bond acceptors (Lipinski definition) is 2. The van der Waals surface area contributed by atoms with Crippen molar-refractivity contribution >= 4 is 6.03 Å². The van der Waals surface area contributed by atoms with Crippen LogP contribution in [0.25, 0.3) is 0 Å². The van der Waals surface area contributed by atoms with Gasteiger partial charge in [0.15, 0.2) is 0 Å². The standard InChI is InChI=1S/C10H13N3O/c1-13(2)10(14)12-9-5-3-8(7-11)4-6-9/h3,5H,4,6H2,1-2H3,(H,12,14). The molecule has 0 aromatic rings. The smallest absolute Gasteiger partial charge is 0.321 e. The van der Waals surface area contributed by atoms with Crippen LogP contribution in [0.1, 0.15) is 12.8 Å². The predicted octanol–water partition coefficient (Wildman–Crippen LogP) is 1.39. The number of urea groups is 1. The van der Waals surface area contributed by atoms with E-state index in [1.54, 1.807) is 26.2 Å². The Balaban J connectivity index is 2.57. The highest BCUT2D eigenvalue weighted by Gasteiger charge is 2.09. The van der Waals surface area contributed by atoms with Crippen LogP contribution < -0.4 is 5.32 Å². The monoisotopic (exact) mass is 191 g/mol. The molecule has 1 N–H and O–H groups in total. The maximum atomic E-state index is 11.3. The molecule has 0 saturated heterocycles. The van der Waals surface area contributed by atoms with Crippen molar-refractivity contribution in [2.24, 2.45) is 0 Å². The van der Waals surface area contributed by atoms with E-state index in [0.29, 0.717) is 6.42 Å². The first-order valence-corrected chi connectivity index (χ1v) is 4.41. The summed E-state index contributed by atoms with van der Waals surface area (Å²) in [6, 6.07) is 1.96. The lowest BCUT2D eigenvalue weighted by atomic mass is 10.0. The average Bonchev–Trinajstić information content (AvgIpc) is 2.19. The molecule has 1 aliphatic rings. The molecule has 4 nitrogen and oxygen atoms in total. The zero-order chi connectivity index (χ0) is 10.6. The normalized spacial score (nSPS) is 14.9. The van der Waals surface area contributed by atoms with E-state index in [4.69, 9.17) is 5.26 Å². The van der Waals surface area contributed by atoms with Crippen molar-refractivity contribution in [3.8, 4) is 6.07 Å².